The molecule has 1 aliphatic heterocycles. The number of hydrogen-bond acceptors (Lipinski definition) is 6. The second kappa shape index (κ2) is 21.5. The van der Waals surface area contributed by atoms with E-state index in [0.717, 1.165) is 25.7 Å². The van der Waals surface area contributed by atoms with Gasteiger partial charge in [-0.15, -0.1) is 0 Å². The summed E-state index contributed by atoms with van der Waals surface area (Å²) in [7, 11) is 0. The van der Waals surface area contributed by atoms with Crippen LogP contribution in [0.5, 0.6) is 0 Å². The van der Waals surface area contributed by atoms with Crippen LogP contribution < -0.4 is 0 Å². The Morgan fingerprint density at radius 2 is 0.611 bits per heavy atom. The van der Waals surface area contributed by atoms with E-state index in [1.165, 1.54) is 103 Å². The molecule has 8 bridgehead atoms. The molecule has 6 nitrogen and oxygen atoms in total. The van der Waals surface area contributed by atoms with Gasteiger partial charge in [-0.05, 0) is 61.4 Å². The van der Waals surface area contributed by atoms with Crippen molar-refractivity contribution in [3.8, 4) is 34.9 Å². The fourth-order valence-corrected chi connectivity index (χ4v) is 8.13. The molecule has 0 saturated carbocycles. The van der Waals surface area contributed by atoms with Crippen molar-refractivity contribution in [1.82, 2.24) is 19.9 Å². The van der Waals surface area contributed by atoms with Crippen LogP contribution in [0.2, 0.25) is 0 Å². The van der Waals surface area contributed by atoms with Gasteiger partial charge in [0.05, 0.1) is 57.7 Å². The first kappa shape index (κ1) is 40.8. The zero-order valence-corrected chi connectivity index (χ0v) is 33.2. The summed E-state index contributed by atoms with van der Waals surface area (Å²) >= 11 is 0. The second-order valence-corrected chi connectivity index (χ2v) is 15.5. The zero-order chi connectivity index (χ0) is 37.9. The number of pyridine rings is 4. The highest BCUT2D eigenvalue weighted by Gasteiger charge is 2.40. The van der Waals surface area contributed by atoms with E-state index >= 15 is 0 Å². The fraction of sp³-hybridized carbons (Fsp3) is 0.542. The Balaban J connectivity index is 1.43. The van der Waals surface area contributed by atoms with Gasteiger partial charge < -0.3 is 0 Å². The predicted molar refractivity (Wildman–Crippen MR) is 221 cm³/mol. The van der Waals surface area contributed by atoms with Crippen LogP contribution in [-0.4, -0.2) is 19.9 Å². The molecule has 5 heterocycles. The maximum atomic E-state index is 11.1. The third-order valence-corrected chi connectivity index (χ3v) is 11.5. The van der Waals surface area contributed by atoms with Gasteiger partial charge >= 0.3 is 0 Å². The molecule has 6 heteroatoms. The van der Waals surface area contributed by atoms with Gasteiger partial charge in [-0.3, -0.25) is 0 Å². The number of hydrogen-bond donors (Lipinski definition) is 0. The molecule has 0 fully saturated rings. The number of nitriles is 2. The van der Waals surface area contributed by atoms with Crippen molar-refractivity contribution < 1.29 is 0 Å². The lowest BCUT2D eigenvalue weighted by Crippen LogP contribution is -2.30. The molecule has 4 aromatic rings. The number of aromatic nitrogens is 4. The van der Waals surface area contributed by atoms with Gasteiger partial charge in [-0.2, -0.15) is 10.5 Å². The lowest BCUT2D eigenvalue weighted by Gasteiger charge is -2.28. The van der Waals surface area contributed by atoms with Gasteiger partial charge in [0.15, 0.2) is 0 Å². The van der Waals surface area contributed by atoms with Crippen LogP contribution in [0.15, 0.2) is 72.8 Å². The summed E-state index contributed by atoms with van der Waals surface area (Å²) in [6.45, 7) is 4.53. The standard InChI is InChI=1S/C48H62N6/c1-3-5-7-9-11-13-15-17-19-21-35-47(37-49)43-31-23-27-39(51-43)41-29-25-33-45(53-41)48(38-50,36-22-20-18-16-14-12-10-8-6-4-2)46-34-26-30-42(54-46)40-28-24-32-44(47)52-40/h23-34H,3-22,35-36H2,1-2H3. The third-order valence-electron chi connectivity index (χ3n) is 11.5. The Morgan fingerprint density at radius 3 is 0.852 bits per heavy atom. The molecule has 54 heavy (non-hydrogen) atoms. The number of unbranched alkanes of at least 4 members (excludes halogenated alkanes) is 18. The molecule has 0 spiro atoms. The molecule has 0 radical (unpaired) electrons. The lowest BCUT2D eigenvalue weighted by atomic mass is 9.76. The molecule has 5 rings (SSSR count). The minimum Gasteiger partial charge on any atom is -0.249 e. The Bertz CT molecular complexity index is 1590. The molecule has 0 saturated heterocycles. The highest BCUT2D eigenvalue weighted by molar-refractivity contribution is 5.60. The van der Waals surface area contributed by atoms with Gasteiger partial charge in [0, 0.05) is 0 Å². The molecule has 4 aromatic heterocycles. The molecular weight excluding hydrogens is 661 g/mol. The summed E-state index contributed by atoms with van der Waals surface area (Å²) in [5.74, 6) is 0. The maximum absolute atomic E-state index is 11.1. The summed E-state index contributed by atoms with van der Waals surface area (Å²) in [5, 5.41) is 22.2. The molecule has 284 valence electrons. The van der Waals surface area contributed by atoms with Crippen LogP contribution in [0.4, 0.5) is 0 Å². The van der Waals surface area contributed by atoms with E-state index in [0.29, 0.717) is 58.4 Å². The largest absolute Gasteiger partial charge is 0.249 e. The molecule has 0 aromatic carbocycles. The lowest BCUT2D eigenvalue weighted by molar-refractivity contribution is 0.493. The number of nitrogens with zero attached hydrogens (tertiary/aromatic N) is 6. The van der Waals surface area contributed by atoms with Gasteiger partial charge in [0.1, 0.15) is 10.8 Å². The molecule has 0 unspecified atom stereocenters. The second-order valence-electron chi connectivity index (χ2n) is 15.5. The van der Waals surface area contributed by atoms with Crippen LogP contribution >= 0.6 is 0 Å². The van der Waals surface area contributed by atoms with Crippen molar-refractivity contribution in [3.63, 3.8) is 0 Å². The van der Waals surface area contributed by atoms with Crippen molar-refractivity contribution in [2.45, 2.75) is 166 Å². The van der Waals surface area contributed by atoms with Crippen LogP contribution in [0.25, 0.3) is 22.8 Å². The molecule has 0 atom stereocenters. The van der Waals surface area contributed by atoms with E-state index in [9.17, 15) is 10.5 Å². The quantitative estimate of drug-likeness (QED) is 0.0749. The molecular formula is C48H62N6. The first-order chi connectivity index (χ1) is 26.6. The Kier molecular flexibility index (Phi) is 16.2. The average molecular weight is 723 g/mol. The number of rotatable bonds is 22. The molecule has 0 aliphatic carbocycles. The van der Waals surface area contributed by atoms with Crippen molar-refractivity contribution in [3.05, 3.63) is 95.6 Å². The summed E-state index contributed by atoms with van der Waals surface area (Å²) in [6, 6.07) is 29.1. The van der Waals surface area contributed by atoms with Crippen molar-refractivity contribution in [2.24, 2.45) is 0 Å². The third kappa shape index (κ3) is 10.4. The Hall–Kier alpha value is -4.42. The monoisotopic (exact) mass is 723 g/mol. The number of fused-ring (bicyclic) bond motifs is 10. The van der Waals surface area contributed by atoms with Crippen LogP contribution in [0.3, 0.4) is 0 Å². The first-order valence-electron chi connectivity index (χ1n) is 21.3. The maximum Gasteiger partial charge on any atom is 0.141 e. The average Bonchev–Trinajstić information content (AvgIpc) is 3.22. The van der Waals surface area contributed by atoms with E-state index in [1.807, 2.05) is 72.8 Å². The van der Waals surface area contributed by atoms with Crippen LogP contribution in [0.1, 0.15) is 178 Å². The molecule has 0 amide bonds. The molecule has 1 aliphatic rings. The summed E-state index contributed by atoms with van der Waals surface area (Å²) in [6.07, 6.45) is 25.8. The highest BCUT2D eigenvalue weighted by Crippen LogP contribution is 2.40. The van der Waals surface area contributed by atoms with E-state index in [1.54, 1.807) is 0 Å². The van der Waals surface area contributed by atoms with Crippen molar-refractivity contribution in [2.75, 3.05) is 0 Å². The van der Waals surface area contributed by atoms with Crippen molar-refractivity contribution in [1.29, 1.82) is 10.5 Å². The van der Waals surface area contributed by atoms with E-state index in [4.69, 9.17) is 19.9 Å². The van der Waals surface area contributed by atoms with E-state index in [-0.39, 0.29) is 0 Å². The van der Waals surface area contributed by atoms with Crippen LogP contribution in [-0.2, 0) is 10.8 Å². The van der Waals surface area contributed by atoms with E-state index < -0.39 is 10.8 Å². The van der Waals surface area contributed by atoms with Gasteiger partial charge in [0.2, 0.25) is 0 Å². The van der Waals surface area contributed by atoms with Gasteiger partial charge in [0.25, 0.3) is 0 Å². The smallest absolute Gasteiger partial charge is 0.141 e. The predicted octanol–water partition coefficient (Wildman–Crippen LogP) is 13.2. The summed E-state index contributed by atoms with van der Waals surface area (Å²) < 4.78 is 0. The minimum atomic E-state index is -1.03. The summed E-state index contributed by atoms with van der Waals surface area (Å²) in [4.78, 5) is 20.7. The van der Waals surface area contributed by atoms with Crippen molar-refractivity contribution >= 4 is 0 Å². The van der Waals surface area contributed by atoms with E-state index in [2.05, 4.69) is 26.0 Å². The molecule has 0 N–H and O–H groups in total. The first-order valence-corrected chi connectivity index (χ1v) is 21.3. The topological polar surface area (TPSA) is 99.1 Å². The minimum absolute atomic E-state index is 0.629. The highest BCUT2D eigenvalue weighted by atomic mass is 14.9. The van der Waals surface area contributed by atoms with Crippen LogP contribution in [0, 0.1) is 22.7 Å². The van der Waals surface area contributed by atoms with Gasteiger partial charge in [-0.25, -0.2) is 19.9 Å². The Labute approximate surface area is 325 Å². The zero-order valence-electron chi connectivity index (χ0n) is 33.2. The Morgan fingerprint density at radius 1 is 0.370 bits per heavy atom. The normalized spacial score (nSPS) is 17.3. The fourth-order valence-electron chi connectivity index (χ4n) is 8.13. The van der Waals surface area contributed by atoms with Gasteiger partial charge in [-0.1, -0.05) is 167 Å². The SMILES string of the molecule is CCCCCCCCCCCCC1(C#N)c2cccc(n2)-c2cccc(n2)C(C#N)(CCCCCCCCCCCC)c2cccc(n2)-c2cccc1n2. The summed E-state index contributed by atoms with van der Waals surface area (Å²) in [5.41, 5.74) is 3.45.